The lowest BCUT2D eigenvalue weighted by Crippen LogP contribution is -2.36. The molecule has 154 valence electrons. The molecule has 1 aliphatic heterocycles. The first-order valence-corrected chi connectivity index (χ1v) is 11.2. The summed E-state index contributed by atoms with van der Waals surface area (Å²) in [4.78, 5) is 29.7. The Bertz CT molecular complexity index is 1360. The van der Waals surface area contributed by atoms with E-state index in [4.69, 9.17) is 11.6 Å². The molecule has 6 nitrogen and oxygen atoms in total. The van der Waals surface area contributed by atoms with Gasteiger partial charge in [0.1, 0.15) is 16.0 Å². The number of pyridine rings is 1. The number of thiophene rings is 1. The van der Waals surface area contributed by atoms with Crippen molar-refractivity contribution in [3.05, 3.63) is 57.0 Å². The predicted octanol–water partition coefficient (Wildman–Crippen LogP) is 4.05. The van der Waals surface area contributed by atoms with Gasteiger partial charge < -0.3 is 14.8 Å². The summed E-state index contributed by atoms with van der Waals surface area (Å²) in [7, 11) is 0. The van der Waals surface area contributed by atoms with Crippen LogP contribution in [0, 0.1) is 0 Å². The Morgan fingerprint density at radius 2 is 1.97 bits per heavy atom. The molecule has 0 bridgehead atoms. The van der Waals surface area contributed by atoms with Crippen LogP contribution in [0.3, 0.4) is 0 Å². The highest BCUT2D eigenvalue weighted by Crippen LogP contribution is 2.33. The highest BCUT2D eigenvalue weighted by Gasteiger charge is 2.25. The van der Waals surface area contributed by atoms with Gasteiger partial charge in [0.05, 0.1) is 20.8 Å². The van der Waals surface area contributed by atoms with Crippen LogP contribution in [0.25, 0.3) is 33.1 Å². The van der Waals surface area contributed by atoms with Gasteiger partial charge in [-0.1, -0.05) is 30.3 Å². The largest absolute Gasteiger partial charge is 0.351 e. The zero-order chi connectivity index (χ0) is 20.8. The molecule has 1 aliphatic rings. The third-order valence-corrected chi connectivity index (χ3v) is 6.97. The average Bonchev–Trinajstić information content (AvgIpc) is 3.45. The summed E-state index contributed by atoms with van der Waals surface area (Å²) in [5.41, 5.74) is 2.09. The molecule has 0 atom stereocenters. The Morgan fingerprint density at radius 1 is 1.23 bits per heavy atom. The van der Waals surface area contributed by atoms with Gasteiger partial charge in [0.2, 0.25) is 5.43 Å². The third-order valence-electron chi connectivity index (χ3n) is 5.72. The predicted molar refractivity (Wildman–Crippen MR) is 124 cm³/mol. The minimum atomic E-state index is -0.369. The van der Waals surface area contributed by atoms with Gasteiger partial charge in [-0.15, -0.1) is 11.3 Å². The molecule has 1 saturated heterocycles. The molecule has 30 heavy (non-hydrogen) atoms. The first-order valence-electron chi connectivity index (χ1n) is 10.00. The van der Waals surface area contributed by atoms with Crippen molar-refractivity contribution in [3.63, 3.8) is 0 Å². The minimum absolute atomic E-state index is 0.120. The molecule has 1 N–H and O–H groups in total. The maximum absolute atomic E-state index is 13.4. The summed E-state index contributed by atoms with van der Waals surface area (Å²) in [5, 5.41) is 3.41. The molecule has 1 aromatic carbocycles. The van der Waals surface area contributed by atoms with Gasteiger partial charge in [-0.3, -0.25) is 14.0 Å². The second-order valence-electron chi connectivity index (χ2n) is 7.48. The lowest BCUT2D eigenvalue weighted by molar-refractivity contribution is 0.0950. The van der Waals surface area contributed by atoms with Crippen LogP contribution < -0.4 is 10.7 Å². The summed E-state index contributed by atoms with van der Waals surface area (Å²) in [6.45, 7) is 7.33. The number of carbonyl (C=O) groups excluding carboxylic acids is 1. The molecule has 0 unspecified atom stereocenters. The van der Waals surface area contributed by atoms with Crippen molar-refractivity contribution in [2.75, 3.05) is 26.2 Å². The zero-order valence-electron chi connectivity index (χ0n) is 16.4. The summed E-state index contributed by atoms with van der Waals surface area (Å²) >= 11 is 7.60. The number of nitrogens with one attached hydrogen (secondary N) is 1. The van der Waals surface area contributed by atoms with Gasteiger partial charge in [-0.05, 0) is 44.1 Å². The number of amides is 1. The second-order valence-corrected chi connectivity index (χ2v) is 9.14. The number of rotatable bonds is 5. The number of para-hydroxylation sites is 2. The minimum Gasteiger partial charge on any atom is -0.351 e. The van der Waals surface area contributed by atoms with E-state index >= 15 is 0 Å². The number of hydrogen-bond acceptors (Lipinski definition) is 4. The number of hydrogen-bond donors (Lipinski definition) is 1. The number of aromatic nitrogens is 2. The molecule has 4 aromatic rings. The molecule has 1 fully saturated rings. The van der Waals surface area contributed by atoms with Crippen LogP contribution in [-0.4, -0.2) is 46.0 Å². The molecular weight excluding hydrogens is 420 g/mol. The first kappa shape index (κ1) is 19.4. The van der Waals surface area contributed by atoms with Crippen LogP contribution in [0.5, 0.6) is 0 Å². The van der Waals surface area contributed by atoms with Gasteiger partial charge in [0.25, 0.3) is 5.91 Å². The molecule has 5 rings (SSSR count). The monoisotopic (exact) mass is 440 g/mol. The Labute approximate surface area is 182 Å². The van der Waals surface area contributed by atoms with E-state index in [1.54, 1.807) is 16.8 Å². The molecule has 0 aliphatic carbocycles. The molecule has 0 radical (unpaired) electrons. The van der Waals surface area contributed by atoms with E-state index in [1.807, 2.05) is 28.7 Å². The molecule has 3 aromatic heterocycles. The van der Waals surface area contributed by atoms with E-state index < -0.39 is 0 Å². The second kappa shape index (κ2) is 7.58. The number of carbonyl (C=O) groups is 1. The van der Waals surface area contributed by atoms with Crippen LogP contribution >= 0.6 is 22.9 Å². The van der Waals surface area contributed by atoms with Crippen molar-refractivity contribution in [3.8, 4) is 0 Å². The Hall–Kier alpha value is -2.61. The van der Waals surface area contributed by atoms with Gasteiger partial charge in [-0.25, -0.2) is 0 Å². The number of imidazole rings is 1. The van der Waals surface area contributed by atoms with Crippen molar-refractivity contribution >= 4 is 61.9 Å². The number of likely N-dealkylation sites (tertiary alicyclic amines) is 1. The van der Waals surface area contributed by atoms with E-state index in [-0.39, 0.29) is 16.9 Å². The fraction of sp³-hybridized carbons (Fsp3) is 0.273. The smallest absolute Gasteiger partial charge is 0.259 e. The van der Waals surface area contributed by atoms with E-state index in [1.165, 1.54) is 24.2 Å². The highest BCUT2D eigenvalue weighted by atomic mass is 35.5. The van der Waals surface area contributed by atoms with E-state index in [0.29, 0.717) is 21.9 Å². The van der Waals surface area contributed by atoms with Gasteiger partial charge in [-0.2, -0.15) is 0 Å². The van der Waals surface area contributed by atoms with Gasteiger partial charge in [0.15, 0.2) is 0 Å². The Kier molecular flexibility index (Phi) is 4.89. The maximum Gasteiger partial charge on any atom is 0.259 e. The van der Waals surface area contributed by atoms with Crippen LogP contribution in [0.2, 0.25) is 4.34 Å². The lowest BCUT2D eigenvalue weighted by Gasteiger charge is -2.15. The maximum atomic E-state index is 13.4. The lowest BCUT2D eigenvalue weighted by atomic mass is 10.2. The zero-order valence-corrected chi connectivity index (χ0v) is 17.9. The summed E-state index contributed by atoms with van der Waals surface area (Å²) in [5.74, 6) is -0.369. The number of nitrogens with zero attached hydrogens (tertiary/aromatic N) is 3. The van der Waals surface area contributed by atoms with Crippen LogP contribution in [0.1, 0.15) is 23.2 Å². The summed E-state index contributed by atoms with van der Waals surface area (Å²) in [6, 6.07) is 9.43. The SMILES string of the molecule is C=Cn1c2ccccc2n2c3sc(Cl)cc3c(=O)c(C(=O)NCCN3CCCC3)c12. The highest BCUT2D eigenvalue weighted by molar-refractivity contribution is 7.22. The molecule has 0 spiro atoms. The number of fused-ring (bicyclic) bond motifs is 5. The van der Waals surface area contributed by atoms with Crippen LogP contribution in [0.15, 0.2) is 41.7 Å². The van der Waals surface area contributed by atoms with E-state index in [0.717, 1.165) is 35.5 Å². The Balaban J connectivity index is 1.71. The fourth-order valence-electron chi connectivity index (χ4n) is 4.36. The van der Waals surface area contributed by atoms with Crippen LogP contribution in [-0.2, 0) is 0 Å². The molecule has 4 heterocycles. The quantitative estimate of drug-likeness (QED) is 0.509. The van der Waals surface area contributed by atoms with Crippen molar-refractivity contribution in [2.24, 2.45) is 0 Å². The summed E-state index contributed by atoms with van der Waals surface area (Å²) in [6.07, 6.45) is 4.04. The average molecular weight is 441 g/mol. The molecule has 1 amide bonds. The normalized spacial score (nSPS) is 14.8. The molecule has 8 heteroatoms. The van der Waals surface area contributed by atoms with Crippen molar-refractivity contribution in [1.82, 2.24) is 19.2 Å². The van der Waals surface area contributed by atoms with Crippen molar-refractivity contribution in [2.45, 2.75) is 12.8 Å². The number of benzene rings is 1. The first-order chi connectivity index (χ1) is 14.6. The summed E-state index contributed by atoms with van der Waals surface area (Å²) < 4.78 is 4.26. The third kappa shape index (κ3) is 2.96. The van der Waals surface area contributed by atoms with Gasteiger partial charge in [0, 0.05) is 19.3 Å². The Morgan fingerprint density at radius 3 is 2.70 bits per heavy atom. The molecular formula is C22H21ClN4O2S. The van der Waals surface area contributed by atoms with Crippen LogP contribution in [0.4, 0.5) is 0 Å². The topological polar surface area (TPSA) is 58.8 Å². The van der Waals surface area contributed by atoms with E-state index in [9.17, 15) is 9.59 Å². The standard InChI is InChI=1S/C22H21ClN4O2S/c1-2-26-15-7-3-4-8-16(15)27-21(26)18(19(28)14-13-17(23)30-22(14)27)20(29)24-9-12-25-10-5-6-11-25/h2-4,7-8,13H,1,5-6,9-12H2,(H,24,29). The van der Waals surface area contributed by atoms with Crippen molar-refractivity contribution < 1.29 is 4.79 Å². The van der Waals surface area contributed by atoms with Gasteiger partial charge >= 0.3 is 0 Å². The van der Waals surface area contributed by atoms with E-state index in [2.05, 4.69) is 16.8 Å². The number of halogens is 1. The fourth-order valence-corrected chi connectivity index (χ4v) is 5.59. The van der Waals surface area contributed by atoms with Crippen molar-refractivity contribution in [1.29, 1.82) is 0 Å². The molecule has 0 saturated carbocycles.